The Bertz CT molecular complexity index is 1430. The normalized spacial score (nSPS) is 17.3. The van der Waals surface area contributed by atoms with Gasteiger partial charge >= 0.3 is 0 Å². The van der Waals surface area contributed by atoms with Crippen molar-refractivity contribution < 1.29 is 9.53 Å². The van der Waals surface area contributed by atoms with E-state index in [1.165, 1.54) is 22.3 Å². The molecule has 0 saturated carbocycles. The highest BCUT2D eigenvalue weighted by Crippen LogP contribution is 2.31. The van der Waals surface area contributed by atoms with Gasteiger partial charge in [-0.3, -0.25) is 10.2 Å². The van der Waals surface area contributed by atoms with Gasteiger partial charge in [0.15, 0.2) is 5.84 Å². The summed E-state index contributed by atoms with van der Waals surface area (Å²) >= 11 is 1.37. The van der Waals surface area contributed by atoms with E-state index in [9.17, 15) is 4.79 Å². The van der Waals surface area contributed by atoms with Crippen molar-refractivity contribution in [2.45, 2.75) is 52.5 Å². The van der Waals surface area contributed by atoms with Gasteiger partial charge < -0.3 is 9.30 Å². The summed E-state index contributed by atoms with van der Waals surface area (Å²) in [4.78, 5) is 17.1. The standard InChI is InChI=1S/C29H31N5O2S/c1-4-8-26-32-34-27(30)24(28(35)31-29(34)37-26)17-21-18-33(25-10-7-6-9-23(21)25)15-16-36-22-13-11-20(12-14-22)19(3)5-2/h6-7,9-14,17-19,30H,4-5,8,15-16H2,1-3H3/b24-17+,30-27?/t19-/m0/s1. The van der Waals surface area contributed by atoms with E-state index in [1.54, 1.807) is 6.08 Å². The van der Waals surface area contributed by atoms with E-state index in [2.05, 4.69) is 53.6 Å². The number of carbonyl (C=O) groups excluding carboxylic acids is 1. The van der Waals surface area contributed by atoms with Gasteiger partial charge in [-0.25, -0.2) is 0 Å². The highest BCUT2D eigenvalue weighted by atomic mass is 32.2. The lowest BCUT2D eigenvalue weighted by Gasteiger charge is -2.20. The van der Waals surface area contributed by atoms with Crippen LogP contribution in [0.2, 0.25) is 0 Å². The molecule has 2 aliphatic heterocycles. The zero-order chi connectivity index (χ0) is 25.9. The van der Waals surface area contributed by atoms with Crippen LogP contribution in [-0.2, 0) is 11.3 Å². The number of carbonyl (C=O) groups is 1. The van der Waals surface area contributed by atoms with Crippen molar-refractivity contribution in [2.75, 3.05) is 6.61 Å². The Labute approximate surface area is 221 Å². The summed E-state index contributed by atoms with van der Waals surface area (Å²) in [7, 11) is 0. The van der Waals surface area contributed by atoms with Gasteiger partial charge in [-0.2, -0.15) is 15.1 Å². The fraction of sp³-hybridized carbons (Fsp3) is 0.310. The molecule has 0 saturated heterocycles. The molecule has 2 aliphatic rings. The topological polar surface area (TPSA) is 83.0 Å². The molecule has 8 heteroatoms. The third-order valence-electron chi connectivity index (χ3n) is 6.74. The maximum atomic E-state index is 12.9. The minimum Gasteiger partial charge on any atom is -0.492 e. The Morgan fingerprint density at radius 1 is 1.14 bits per heavy atom. The van der Waals surface area contributed by atoms with Gasteiger partial charge in [0.1, 0.15) is 17.4 Å². The number of amides is 1. The van der Waals surface area contributed by atoms with Gasteiger partial charge in [0, 0.05) is 22.7 Å². The molecule has 7 nitrogen and oxygen atoms in total. The number of aliphatic imine (C=N–C) groups is 1. The number of nitrogens with one attached hydrogen (secondary N) is 1. The van der Waals surface area contributed by atoms with E-state index >= 15 is 0 Å². The van der Waals surface area contributed by atoms with Crippen LogP contribution in [0.15, 0.2) is 70.4 Å². The Morgan fingerprint density at radius 3 is 2.68 bits per heavy atom. The van der Waals surface area contributed by atoms with Crippen LogP contribution < -0.4 is 4.74 Å². The molecule has 5 rings (SSSR count). The first-order valence-corrected chi connectivity index (χ1v) is 13.6. The average Bonchev–Trinajstić information content (AvgIpc) is 3.48. The van der Waals surface area contributed by atoms with Gasteiger partial charge in [-0.15, -0.1) is 0 Å². The first-order chi connectivity index (χ1) is 18.0. The number of fused-ring (bicyclic) bond motifs is 2. The second-order valence-electron chi connectivity index (χ2n) is 9.29. The van der Waals surface area contributed by atoms with Gasteiger partial charge in [0.2, 0.25) is 5.17 Å². The van der Waals surface area contributed by atoms with Gasteiger partial charge in [0.25, 0.3) is 5.91 Å². The molecular formula is C29H31N5O2S. The van der Waals surface area contributed by atoms with Gasteiger partial charge in [0.05, 0.1) is 12.1 Å². The van der Waals surface area contributed by atoms with Crippen LogP contribution in [0.3, 0.4) is 0 Å². The molecule has 0 bridgehead atoms. The molecule has 0 spiro atoms. The summed E-state index contributed by atoms with van der Waals surface area (Å²) in [5, 5.41) is 17.0. The summed E-state index contributed by atoms with van der Waals surface area (Å²) in [6.45, 7) is 7.67. The van der Waals surface area contributed by atoms with Crippen LogP contribution in [0, 0.1) is 5.41 Å². The molecule has 1 amide bonds. The maximum Gasteiger partial charge on any atom is 0.283 e. The Balaban J connectivity index is 1.36. The zero-order valence-electron chi connectivity index (χ0n) is 21.4. The Morgan fingerprint density at radius 2 is 1.92 bits per heavy atom. The average molecular weight is 514 g/mol. The third kappa shape index (κ3) is 5.11. The van der Waals surface area contributed by atoms with E-state index in [0.29, 0.717) is 24.2 Å². The van der Waals surface area contributed by atoms with E-state index in [4.69, 9.17) is 10.1 Å². The molecule has 0 aliphatic carbocycles. The van der Waals surface area contributed by atoms with E-state index in [0.717, 1.165) is 46.5 Å². The number of hydrazone groups is 1. The molecular weight excluding hydrogens is 482 g/mol. The van der Waals surface area contributed by atoms with Crippen LogP contribution in [-0.4, -0.2) is 38.1 Å². The fourth-order valence-corrected chi connectivity index (χ4v) is 5.45. The highest BCUT2D eigenvalue weighted by Gasteiger charge is 2.35. The van der Waals surface area contributed by atoms with Crippen molar-refractivity contribution in [1.29, 1.82) is 5.41 Å². The summed E-state index contributed by atoms with van der Waals surface area (Å²) in [6.07, 6.45) is 6.64. The molecule has 190 valence electrons. The van der Waals surface area contributed by atoms with Crippen LogP contribution >= 0.6 is 11.8 Å². The smallest absolute Gasteiger partial charge is 0.283 e. The van der Waals surface area contributed by atoms with Crippen molar-refractivity contribution in [2.24, 2.45) is 10.1 Å². The lowest BCUT2D eigenvalue weighted by atomic mass is 9.99. The lowest BCUT2D eigenvalue weighted by Crippen LogP contribution is -2.35. The van der Waals surface area contributed by atoms with Crippen molar-refractivity contribution in [3.8, 4) is 5.75 Å². The first-order valence-electron chi connectivity index (χ1n) is 12.8. The predicted octanol–water partition coefficient (Wildman–Crippen LogP) is 6.65. The summed E-state index contributed by atoms with van der Waals surface area (Å²) in [5.41, 5.74) is 3.48. The Kier molecular flexibility index (Phi) is 7.28. The summed E-state index contributed by atoms with van der Waals surface area (Å²) in [5.74, 6) is 1.05. The molecule has 3 aromatic rings. The summed E-state index contributed by atoms with van der Waals surface area (Å²) in [6, 6.07) is 16.4. The number of hydrogen-bond acceptors (Lipinski definition) is 5. The highest BCUT2D eigenvalue weighted by molar-refractivity contribution is 8.26. The van der Waals surface area contributed by atoms with Crippen LogP contribution in [0.25, 0.3) is 17.0 Å². The number of thioether (sulfide) groups is 1. The molecule has 37 heavy (non-hydrogen) atoms. The van der Waals surface area contributed by atoms with Gasteiger partial charge in [-0.05, 0) is 66.8 Å². The van der Waals surface area contributed by atoms with E-state index in [1.807, 2.05) is 36.5 Å². The van der Waals surface area contributed by atoms with Crippen molar-refractivity contribution in [3.63, 3.8) is 0 Å². The molecule has 2 aromatic carbocycles. The quantitative estimate of drug-likeness (QED) is 0.325. The van der Waals surface area contributed by atoms with E-state index < -0.39 is 5.91 Å². The number of hydrogen-bond donors (Lipinski definition) is 1. The van der Waals surface area contributed by atoms with Crippen molar-refractivity contribution in [3.05, 3.63) is 71.4 Å². The monoisotopic (exact) mass is 513 g/mol. The number of benzene rings is 2. The second kappa shape index (κ2) is 10.8. The maximum absolute atomic E-state index is 12.9. The molecule has 1 atom stereocenters. The van der Waals surface area contributed by atoms with Crippen LogP contribution in [0.1, 0.15) is 57.1 Å². The van der Waals surface area contributed by atoms with Crippen LogP contribution in [0.5, 0.6) is 5.75 Å². The molecule has 3 heterocycles. The predicted molar refractivity (Wildman–Crippen MR) is 152 cm³/mol. The second-order valence-corrected chi connectivity index (χ2v) is 10.3. The number of nitrogens with zero attached hydrogens (tertiary/aromatic N) is 4. The number of amidine groups is 2. The van der Waals surface area contributed by atoms with Crippen molar-refractivity contribution >= 4 is 50.7 Å². The number of ether oxygens (including phenoxy) is 1. The molecule has 1 N–H and O–H groups in total. The first kappa shape index (κ1) is 25.0. The van der Waals surface area contributed by atoms with Gasteiger partial charge in [-0.1, -0.05) is 51.1 Å². The SMILES string of the molecule is CCCC1=NN2C(=N)/C(=C\c3cn(CCOc4ccc([C@@H](C)CC)cc4)c4ccccc34)C(=O)N=C2S1. The molecule has 0 radical (unpaired) electrons. The third-order valence-corrected chi connectivity index (χ3v) is 7.71. The fourth-order valence-electron chi connectivity index (χ4n) is 4.47. The minimum absolute atomic E-state index is 0.0644. The van der Waals surface area contributed by atoms with E-state index in [-0.39, 0.29) is 11.4 Å². The summed E-state index contributed by atoms with van der Waals surface area (Å²) < 4.78 is 8.16. The lowest BCUT2D eigenvalue weighted by molar-refractivity contribution is -0.114. The van der Waals surface area contributed by atoms with Crippen LogP contribution in [0.4, 0.5) is 0 Å². The Hall–Kier alpha value is -3.65. The zero-order valence-corrected chi connectivity index (χ0v) is 22.2. The minimum atomic E-state index is -0.405. The number of rotatable bonds is 9. The number of aromatic nitrogens is 1. The largest absolute Gasteiger partial charge is 0.492 e. The molecule has 0 fully saturated rings. The molecule has 0 unspecified atom stereocenters. The van der Waals surface area contributed by atoms with Crippen molar-refractivity contribution in [1.82, 2.24) is 9.58 Å². The molecule has 1 aromatic heterocycles. The number of para-hydroxylation sites is 1.